The molecule has 0 fully saturated rings. The first-order chi connectivity index (χ1) is 9.60. The molecule has 1 unspecified atom stereocenters. The van der Waals surface area contributed by atoms with Crippen LogP contribution in [0, 0.1) is 18.3 Å². The molecular formula is C15H21ClN2O3. The molecule has 0 aliphatic rings. The molecule has 1 amide bonds. The third-order valence-electron chi connectivity index (χ3n) is 2.95. The summed E-state index contributed by atoms with van der Waals surface area (Å²) < 4.78 is 0. The Balaban J connectivity index is 2.71. The highest BCUT2D eigenvalue weighted by Gasteiger charge is 2.25. The van der Waals surface area contributed by atoms with E-state index in [2.05, 4.69) is 10.3 Å². The summed E-state index contributed by atoms with van der Waals surface area (Å²) in [4.78, 5) is 27.3. The summed E-state index contributed by atoms with van der Waals surface area (Å²) in [6, 6.07) is 1.60. The number of carbonyl (C=O) groups excluding carboxylic acids is 1. The Morgan fingerprint density at radius 3 is 2.52 bits per heavy atom. The van der Waals surface area contributed by atoms with Gasteiger partial charge in [-0.1, -0.05) is 32.4 Å². The van der Waals surface area contributed by atoms with E-state index in [1.807, 2.05) is 20.8 Å². The number of carboxylic acids is 1. The molecular weight excluding hydrogens is 292 g/mol. The van der Waals surface area contributed by atoms with Gasteiger partial charge in [0, 0.05) is 18.4 Å². The van der Waals surface area contributed by atoms with Crippen LogP contribution >= 0.6 is 11.6 Å². The van der Waals surface area contributed by atoms with E-state index in [4.69, 9.17) is 11.6 Å². The molecule has 0 radical (unpaired) electrons. The number of hydrogen-bond donors (Lipinski definition) is 2. The van der Waals surface area contributed by atoms with Crippen LogP contribution in [0.5, 0.6) is 0 Å². The van der Waals surface area contributed by atoms with Gasteiger partial charge in [-0.2, -0.15) is 0 Å². The lowest BCUT2D eigenvalue weighted by Crippen LogP contribution is -2.35. The minimum Gasteiger partial charge on any atom is -0.481 e. The van der Waals surface area contributed by atoms with E-state index >= 15 is 0 Å². The van der Waals surface area contributed by atoms with Gasteiger partial charge < -0.3 is 10.4 Å². The van der Waals surface area contributed by atoms with Crippen LogP contribution in [0.1, 0.15) is 43.2 Å². The summed E-state index contributed by atoms with van der Waals surface area (Å²) in [5.41, 5.74) is 0.839. The molecule has 5 nitrogen and oxygen atoms in total. The van der Waals surface area contributed by atoms with Crippen molar-refractivity contribution in [3.8, 4) is 0 Å². The summed E-state index contributed by atoms with van der Waals surface area (Å²) >= 11 is 5.99. The largest absolute Gasteiger partial charge is 0.481 e. The van der Waals surface area contributed by atoms with Gasteiger partial charge in [-0.05, 0) is 24.8 Å². The first-order valence-corrected chi connectivity index (χ1v) is 7.11. The first-order valence-electron chi connectivity index (χ1n) is 6.73. The predicted molar refractivity (Wildman–Crippen MR) is 81.5 cm³/mol. The summed E-state index contributed by atoms with van der Waals surface area (Å²) in [5.74, 6) is -1.96. The van der Waals surface area contributed by atoms with E-state index < -0.39 is 17.8 Å². The fourth-order valence-corrected chi connectivity index (χ4v) is 2.28. The standard InChI is InChI=1S/C15H21ClN2O3/c1-9-5-12(16)11(8-17-9)13(19)18-7-10(14(20)21)6-15(2,3)4/h5,8,10H,6-7H2,1-4H3,(H,18,19)(H,20,21). The second kappa shape index (κ2) is 6.89. The zero-order valence-electron chi connectivity index (χ0n) is 12.7. The predicted octanol–water partition coefficient (Wildman–Crippen LogP) is 2.91. The third-order valence-corrected chi connectivity index (χ3v) is 3.26. The maximum atomic E-state index is 12.0. The number of amides is 1. The van der Waals surface area contributed by atoms with Crippen molar-refractivity contribution in [2.24, 2.45) is 11.3 Å². The number of nitrogens with zero attached hydrogens (tertiary/aromatic N) is 1. The molecule has 0 saturated carbocycles. The fraction of sp³-hybridized carbons (Fsp3) is 0.533. The van der Waals surface area contributed by atoms with Crippen molar-refractivity contribution >= 4 is 23.5 Å². The van der Waals surface area contributed by atoms with E-state index in [1.54, 1.807) is 13.0 Å². The number of hydrogen-bond acceptors (Lipinski definition) is 3. The van der Waals surface area contributed by atoms with Crippen molar-refractivity contribution in [1.29, 1.82) is 0 Å². The summed E-state index contributed by atoms with van der Waals surface area (Å²) in [6.45, 7) is 7.73. The number of carboxylic acid groups (broad SMARTS) is 1. The van der Waals surface area contributed by atoms with Crippen LogP contribution in [0.4, 0.5) is 0 Å². The second-order valence-electron chi connectivity index (χ2n) is 6.32. The normalized spacial score (nSPS) is 12.8. The van der Waals surface area contributed by atoms with E-state index in [0.29, 0.717) is 17.1 Å². The van der Waals surface area contributed by atoms with E-state index in [9.17, 15) is 14.7 Å². The van der Waals surface area contributed by atoms with Crippen LogP contribution in [0.15, 0.2) is 12.3 Å². The van der Waals surface area contributed by atoms with E-state index in [1.165, 1.54) is 6.20 Å². The second-order valence-corrected chi connectivity index (χ2v) is 6.72. The van der Waals surface area contributed by atoms with Gasteiger partial charge in [-0.25, -0.2) is 0 Å². The van der Waals surface area contributed by atoms with Gasteiger partial charge >= 0.3 is 5.97 Å². The average Bonchev–Trinajstić information content (AvgIpc) is 2.32. The zero-order valence-corrected chi connectivity index (χ0v) is 13.5. The van der Waals surface area contributed by atoms with Gasteiger partial charge in [0.15, 0.2) is 0 Å². The SMILES string of the molecule is Cc1cc(Cl)c(C(=O)NCC(CC(C)(C)C)C(=O)O)cn1. The minimum absolute atomic E-state index is 0.0651. The van der Waals surface area contributed by atoms with Crippen LogP contribution in [0.25, 0.3) is 0 Å². The Hall–Kier alpha value is -1.62. The molecule has 0 aliphatic heterocycles. The van der Waals surface area contributed by atoms with Crippen LogP contribution in [-0.4, -0.2) is 28.5 Å². The van der Waals surface area contributed by atoms with Gasteiger partial charge in [0.05, 0.1) is 16.5 Å². The fourth-order valence-electron chi connectivity index (χ4n) is 1.99. The Labute approximate surface area is 129 Å². The highest BCUT2D eigenvalue weighted by atomic mass is 35.5. The Morgan fingerprint density at radius 2 is 2.05 bits per heavy atom. The molecule has 2 N–H and O–H groups in total. The molecule has 1 aromatic heterocycles. The molecule has 1 aromatic rings. The van der Waals surface area contributed by atoms with E-state index in [0.717, 1.165) is 0 Å². The van der Waals surface area contributed by atoms with Gasteiger partial charge in [-0.3, -0.25) is 14.6 Å². The van der Waals surface area contributed by atoms with Crippen LogP contribution in [0.2, 0.25) is 5.02 Å². The number of pyridine rings is 1. The zero-order chi connectivity index (χ0) is 16.2. The Morgan fingerprint density at radius 1 is 1.43 bits per heavy atom. The number of carbonyl (C=O) groups is 2. The van der Waals surface area contributed by atoms with Crippen molar-refractivity contribution in [3.05, 3.63) is 28.5 Å². The molecule has 1 atom stereocenters. The number of rotatable bonds is 5. The Kier molecular flexibility index (Phi) is 5.72. The molecule has 0 saturated heterocycles. The Bertz CT molecular complexity index is 538. The minimum atomic E-state index is -0.918. The van der Waals surface area contributed by atoms with Gasteiger partial charge in [0.25, 0.3) is 5.91 Å². The van der Waals surface area contributed by atoms with Crippen molar-refractivity contribution in [2.75, 3.05) is 6.54 Å². The molecule has 6 heteroatoms. The first kappa shape index (κ1) is 17.4. The van der Waals surface area contributed by atoms with Gasteiger partial charge in [0.2, 0.25) is 0 Å². The number of aryl methyl sites for hydroxylation is 1. The maximum absolute atomic E-state index is 12.0. The van der Waals surface area contributed by atoms with E-state index in [-0.39, 0.29) is 17.5 Å². The molecule has 1 rings (SSSR count). The molecule has 0 aliphatic carbocycles. The molecule has 21 heavy (non-hydrogen) atoms. The number of nitrogens with one attached hydrogen (secondary N) is 1. The van der Waals surface area contributed by atoms with Crippen molar-refractivity contribution in [2.45, 2.75) is 34.1 Å². The lowest BCUT2D eigenvalue weighted by Gasteiger charge is -2.23. The molecule has 116 valence electrons. The monoisotopic (exact) mass is 312 g/mol. The molecule has 0 aromatic carbocycles. The van der Waals surface area contributed by atoms with Crippen molar-refractivity contribution in [3.63, 3.8) is 0 Å². The lowest BCUT2D eigenvalue weighted by atomic mass is 9.84. The number of aromatic nitrogens is 1. The number of aliphatic carboxylic acids is 1. The van der Waals surface area contributed by atoms with Gasteiger partial charge in [0.1, 0.15) is 0 Å². The smallest absolute Gasteiger partial charge is 0.308 e. The average molecular weight is 313 g/mol. The van der Waals surface area contributed by atoms with Crippen molar-refractivity contribution in [1.82, 2.24) is 10.3 Å². The summed E-state index contributed by atoms with van der Waals surface area (Å²) in [6.07, 6.45) is 1.87. The highest BCUT2D eigenvalue weighted by molar-refractivity contribution is 6.33. The topological polar surface area (TPSA) is 79.3 Å². The molecule has 0 bridgehead atoms. The maximum Gasteiger partial charge on any atom is 0.308 e. The molecule has 1 heterocycles. The van der Waals surface area contributed by atoms with Crippen LogP contribution in [-0.2, 0) is 4.79 Å². The van der Waals surface area contributed by atoms with Crippen LogP contribution in [0.3, 0.4) is 0 Å². The molecule has 0 spiro atoms. The summed E-state index contributed by atoms with van der Waals surface area (Å²) in [5, 5.41) is 12.1. The third kappa shape index (κ3) is 5.71. The van der Waals surface area contributed by atoms with Crippen LogP contribution < -0.4 is 5.32 Å². The highest BCUT2D eigenvalue weighted by Crippen LogP contribution is 2.24. The quantitative estimate of drug-likeness (QED) is 0.876. The summed E-state index contributed by atoms with van der Waals surface area (Å²) in [7, 11) is 0. The lowest BCUT2D eigenvalue weighted by molar-refractivity contribution is -0.142. The van der Waals surface area contributed by atoms with Crippen molar-refractivity contribution < 1.29 is 14.7 Å². The number of halogens is 1. The van der Waals surface area contributed by atoms with Gasteiger partial charge in [-0.15, -0.1) is 0 Å².